The lowest BCUT2D eigenvalue weighted by Gasteiger charge is -2.52. The lowest BCUT2D eigenvalue weighted by Crippen LogP contribution is -2.67. The fourth-order valence-corrected chi connectivity index (χ4v) is 14.9. The van der Waals surface area contributed by atoms with Gasteiger partial charge in [-0.2, -0.15) is 0 Å². The summed E-state index contributed by atoms with van der Waals surface area (Å²) in [6.07, 6.45) is 10.2. The van der Waals surface area contributed by atoms with E-state index in [1.807, 2.05) is 13.8 Å². The summed E-state index contributed by atoms with van der Waals surface area (Å²) in [5, 5.41) is 8.66. The maximum atomic E-state index is 15.3. The topological polar surface area (TPSA) is 171 Å². The maximum Gasteiger partial charge on any atom is 0.324 e. The fraction of sp³-hybridized carbons (Fsp3) is 0.689. The minimum absolute atomic E-state index is 0.0306. The molecule has 7 fully saturated rings. The summed E-state index contributed by atoms with van der Waals surface area (Å²) in [4.78, 5) is 60.0. The third kappa shape index (κ3) is 11.2. The third-order valence-electron chi connectivity index (χ3n) is 18.7. The quantitative estimate of drug-likeness (QED) is 0.130. The summed E-state index contributed by atoms with van der Waals surface area (Å²) in [6, 6.07) is 7.40. The minimum atomic E-state index is -1.05. The van der Waals surface area contributed by atoms with Crippen molar-refractivity contribution in [3.05, 3.63) is 57.7 Å². The van der Waals surface area contributed by atoms with Gasteiger partial charge in [0.2, 0.25) is 5.91 Å². The van der Waals surface area contributed by atoms with Gasteiger partial charge in [-0.25, -0.2) is 10.4 Å². The standard InChI is InChI=1S/C61H84N8O9S/c1-37(73-8)49-44(27-40(30-62-49)38-15-20-66(21-16-38)41-12-13-41)51-45-29-58(2,3)34-77-57(72)46-10-9-19-69(65-46)56(71)50(64-54(70)53-59(4,5)35-76-53)52(67-32-61(33-67)18-24-74-36-61)55-63-47(31-79-55)39-11-14-48(43(45)26-39)68(51)22-25-75-42-17-23-78-60(6,7)28-42/h11,14,26-27,30-31,37-38,41-42,46,50,52-53,65H,9-10,12-13,15-25,28-29,32-36H2,1-8H3,(H,64,70)/t37-,42-,46-,50-,52-,53-/m0/s1. The van der Waals surface area contributed by atoms with Crippen molar-refractivity contribution in [1.29, 1.82) is 0 Å². The number of piperidine rings is 1. The van der Waals surface area contributed by atoms with E-state index in [-0.39, 0.29) is 41.6 Å². The molecule has 79 heavy (non-hydrogen) atoms. The van der Waals surface area contributed by atoms with Gasteiger partial charge < -0.3 is 43.2 Å². The number of likely N-dealkylation sites (tertiary alicyclic amines) is 2. The Morgan fingerprint density at radius 2 is 1.77 bits per heavy atom. The number of carbonyl (C=O) groups excluding carboxylic acids is 3. The number of nitrogens with one attached hydrogen (secondary N) is 2. The van der Waals surface area contributed by atoms with E-state index in [0.29, 0.717) is 84.4 Å². The molecule has 4 aromatic rings. The molecule has 3 aromatic heterocycles. The average molecular weight is 1110 g/mol. The highest BCUT2D eigenvalue weighted by Gasteiger charge is 2.54. The lowest BCUT2D eigenvalue weighted by atomic mass is 9.77. The zero-order valence-corrected chi connectivity index (χ0v) is 48.7. The molecule has 6 bridgehead atoms. The Morgan fingerprint density at radius 3 is 2.48 bits per heavy atom. The number of fused-ring (bicyclic) bond motifs is 6. The van der Waals surface area contributed by atoms with Crippen molar-refractivity contribution in [3.63, 3.8) is 0 Å². The first kappa shape index (κ1) is 55.2. The third-order valence-corrected chi connectivity index (χ3v) is 19.6. The van der Waals surface area contributed by atoms with E-state index in [1.54, 1.807) is 7.11 Å². The second kappa shape index (κ2) is 21.8. The molecule has 2 amide bonds. The van der Waals surface area contributed by atoms with Crippen LogP contribution in [-0.2, 0) is 55.8 Å². The number of thiazole rings is 1. The predicted octanol–water partition coefficient (Wildman–Crippen LogP) is 8.14. The van der Waals surface area contributed by atoms with E-state index in [2.05, 4.69) is 95.6 Å². The van der Waals surface area contributed by atoms with E-state index >= 15 is 4.79 Å². The Balaban J connectivity index is 1.00. The van der Waals surface area contributed by atoms with Crippen molar-refractivity contribution in [2.45, 2.75) is 173 Å². The van der Waals surface area contributed by atoms with Gasteiger partial charge in [0, 0.05) is 109 Å². The highest BCUT2D eigenvalue weighted by atomic mass is 32.1. The molecule has 17 nitrogen and oxygen atoms in total. The molecule has 12 rings (SSSR count). The van der Waals surface area contributed by atoms with Crippen LogP contribution in [-0.4, -0.2) is 163 Å². The van der Waals surface area contributed by atoms with Crippen LogP contribution in [0.2, 0.25) is 0 Å². The second-order valence-electron chi connectivity index (χ2n) is 26.6. The first-order chi connectivity index (χ1) is 37.9. The van der Waals surface area contributed by atoms with Crippen LogP contribution in [0.5, 0.6) is 0 Å². The van der Waals surface area contributed by atoms with Crippen LogP contribution in [0, 0.1) is 16.2 Å². The molecule has 7 aliphatic heterocycles. The van der Waals surface area contributed by atoms with Crippen molar-refractivity contribution in [2.75, 3.05) is 79.5 Å². The number of ether oxygens (including phenoxy) is 6. The van der Waals surface area contributed by atoms with Gasteiger partial charge in [-0.3, -0.25) is 29.3 Å². The molecule has 0 radical (unpaired) electrons. The zero-order valence-electron chi connectivity index (χ0n) is 47.9. The summed E-state index contributed by atoms with van der Waals surface area (Å²) in [5.74, 6) is -0.700. The highest BCUT2D eigenvalue weighted by Crippen LogP contribution is 2.48. The number of pyridine rings is 1. The number of hydrogen-bond acceptors (Lipinski definition) is 15. The van der Waals surface area contributed by atoms with Gasteiger partial charge in [0.25, 0.3) is 5.91 Å². The van der Waals surface area contributed by atoms with Crippen LogP contribution in [0.3, 0.4) is 0 Å². The molecule has 1 saturated carbocycles. The molecule has 1 aliphatic carbocycles. The van der Waals surface area contributed by atoms with Crippen LogP contribution in [0.25, 0.3) is 33.4 Å². The number of aromatic nitrogens is 3. The second-order valence-corrected chi connectivity index (χ2v) is 27.5. The van der Waals surface area contributed by atoms with Crippen molar-refractivity contribution < 1.29 is 42.8 Å². The predicted molar refractivity (Wildman–Crippen MR) is 301 cm³/mol. The largest absolute Gasteiger partial charge is 0.464 e. The number of carbonyl (C=O) groups is 3. The molecule has 2 N–H and O–H groups in total. The molecule has 6 atom stereocenters. The first-order valence-electron chi connectivity index (χ1n) is 29.5. The summed E-state index contributed by atoms with van der Waals surface area (Å²) in [7, 11) is 1.76. The molecule has 1 spiro atoms. The van der Waals surface area contributed by atoms with Crippen LogP contribution in [0.1, 0.15) is 146 Å². The van der Waals surface area contributed by atoms with Crippen molar-refractivity contribution in [3.8, 4) is 22.5 Å². The van der Waals surface area contributed by atoms with E-state index in [9.17, 15) is 9.59 Å². The Bertz CT molecular complexity index is 2910. The molecule has 6 saturated heterocycles. The van der Waals surface area contributed by atoms with Gasteiger partial charge >= 0.3 is 5.97 Å². The van der Waals surface area contributed by atoms with Gasteiger partial charge in [0.15, 0.2) is 0 Å². The van der Waals surface area contributed by atoms with Crippen molar-refractivity contribution in [1.82, 2.24) is 40.1 Å². The summed E-state index contributed by atoms with van der Waals surface area (Å²) in [5.41, 5.74) is 10.2. The van der Waals surface area contributed by atoms with Crippen molar-refractivity contribution >= 4 is 40.0 Å². The molecular weight excluding hydrogens is 1020 g/mol. The van der Waals surface area contributed by atoms with Gasteiger partial charge in [0.05, 0.1) is 67.4 Å². The fourth-order valence-electron chi connectivity index (χ4n) is 13.9. The Morgan fingerprint density at radius 1 is 0.962 bits per heavy atom. The van der Waals surface area contributed by atoms with Crippen LogP contribution in [0.4, 0.5) is 0 Å². The number of benzene rings is 1. The van der Waals surface area contributed by atoms with Gasteiger partial charge in [-0.15, -0.1) is 11.3 Å². The molecular formula is C61H84N8O9S. The molecule has 0 unspecified atom stereocenters. The summed E-state index contributed by atoms with van der Waals surface area (Å²) in [6.45, 7) is 22.3. The van der Waals surface area contributed by atoms with Gasteiger partial charge in [-0.1, -0.05) is 33.8 Å². The zero-order chi connectivity index (χ0) is 55.0. The monoisotopic (exact) mass is 1100 g/mol. The summed E-state index contributed by atoms with van der Waals surface area (Å²) < 4.78 is 39.8. The Hall–Kier alpha value is -4.37. The minimum Gasteiger partial charge on any atom is -0.464 e. The molecule has 428 valence electrons. The van der Waals surface area contributed by atoms with Gasteiger partial charge in [-0.05, 0) is 127 Å². The first-order valence-corrected chi connectivity index (χ1v) is 30.4. The van der Waals surface area contributed by atoms with Crippen LogP contribution >= 0.6 is 11.3 Å². The van der Waals surface area contributed by atoms with E-state index < -0.39 is 41.0 Å². The SMILES string of the molecule is CO[C@@H](C)c1ncc(C2CCN(C3CC3)CC2)cc1-c1c2c3cc(ccc3n1CCO[C@H]1CCOC(C)(C)C1)-c1csc(n1)[C@@H](N1CC3(CCOC3)C1)[C@H](NC(=O)[C@@H]1OCC1(C)C)C(=O)N1CCC[C@H](N1)C(=O)OCC(C)(C)C2. The number of methoxy groups -OCH3 is 1. The normalized spacial score (nSPS) is 28.7. The van der Waals surface area contributed by atoms with E-state index in [4.69, 9.17) is 38.4 Å². The number of hydrogen-bond donors (Lipinski definition) is 2. The van der Waals surface area contributed by atoms with Crippen molar-refractivity contribution in [2.24, 2.45) is 16.2 Å². The summed E-state index contributed by atoms with van der Waals surface area (Å²) >= 11 is 1.51. The highest BCUT2D eigenvalue weighted by molar-refractivity contribution is 7.10. The number of cyclic esters (lactones) is 1. The maximum absolute atomic E-state index is 15.3. The lowest BCUT2D eigenvalue weighted by molar-refractivity contribution is -0.185. The van der Waals surface area contributed by atoms with Gasteiger partial charge in [0.1, 0.15) is 23.2 Å². The molecule has 18 heteroatoms. The average Bonchev–Trinajstić information content (AvgIpc) is 3.89. The van der Waals surface area contributed by atoms with Crippen LogP contribution < -0.4 is 10.7 Å². The number of nitrogens with zero attached hydrogens (tertiary/aromatic N) is 6. The molecule has 10 heterocycles. The smallest absolute Gasteiger partial charge is 0.324 e. The number of amides is 2. The van der Waals surface area contributed by atoms with E-state index in [0.717, 1.165) is 101 Å². The number of hydrazine groups is 1. The van der Waals surface area contributed by atoms with Crippen LogP contribution in [0.15, 0.2) is 35.8 Å². The Kier molecular flexibility index (Phi) is 15.2. The molecule has 8 aliphatic rings. The molecule has 1 aromatic carbocycles. The Labute approximate surface area is 470 Å². The number of rotatable bonds is 12. The van der Waals surface area contributed by atoms with E-state index in [1.165, 1.54) is 34.8 Å². The number of esters is 1.